The fourth-order valence-electron chi connectivity index (χ4n) is 1.77. The Balaban J connectivity index is 1.62. The fourth-order valence-corrected chi connectivity index (χ4v) is 3.74. The molecular formula is C15H13N3O3S2. The summed E-state index contributed by atoms with van der Waals surface area (Å²) in [7, 11) is 1.45. The van der Waals surface area contributed by atoms with Crippen molar-refractivity contribution in [2.24, 2.45) is 5.10 Å². The van der Waals surface area contributed by atoms with Crippen LogP contribution >= 0.6 is 23.1 Å². The summed E-state index contributed by atoms with van der Waals surface area (Å²) in [6, 6.07) is 11.6. The number of fused-ring (bicyclic) bond motifs is 1. The third kappa shape index (κ3) is 4.19. The zero-order valence-corrected chi connectivity index (χ0v) is 13.8. The van der Waals surface area contributed by atoms with Gasteiger partial charge in [0.1, 0.15) is 12.4 Å². The minimum atomic E-state index is -0.320. The topological polar surface area (TPSA) is 76.7 Å². The van der Waals surface area contributed by atoms with Crippen molar-refractivity contribution < 1.29 is 13.9 Å². The highest BCUT2D eigenvalue weighted by molar-refractivity contribution is 8.01. The predicted octanol–water partition coefficient (Wildman–Crippen LogP) is 3.14. The molecule has 1 aromatic carbocycles. The molecule has 0 spiro atoms. The number of carbonyl (C=O) groups excluding carboxylic acids is 1. The van der Waals surface area contributed by atoms with Crippen molar-refractivity contribution in [3.05, 3.63) is 42.2 Å². The lowest BCUT2D eigenvalue weighted by Gasteiger charge is -1.95. The van der Waals surface area contributed by atoms with Gasteiger partial charge in [0.2, 0.25) is 0 Å². The van der Waals surface area contributed by atoms with Gasteiger partial charge in [0.05, 0.1) is 16.4 Å². The summed E-state index contributed by atoms with van der Waals surface area (Å²) in [5.74, 6) is 0.228. The first-order valence-corrected chi connectivity index (χ1v) is 8.32. The van der Waals surface area contributed by atoms with Gasteiger partial charge in [-0.1, -0.05) is 12.1 Å². The summed E-state index contributed by atoms with van der Waals surface area (Å²) in [5.41, 5.74) is 3.32. The molecule has 23 heavy (non-hydrogen) atoms. The van der Waals surface area contributed by atoms with Gasteiger partial charge in [0, 0.05) is 7.11 Å². The van der Waals surface area contributed by atoms with Crippen molar-refractivity contribution in [2.75, 3.05) is 13.7 Å². The smallest absolute Gasteiger partial charge is 0.266 e. The van der Waals surface area contributed by atoms with Crippen LogP contribution in [0.4, 0.5) is 0 Å². The highest BCUT2D eigenvalue weighted by Gasteiger charge is 2.08. The first-order valence-electron chi connectivity index (χ1n) is 6.69. The van der Waals surface area contributed by atoms with Gasteiger partial charge in [-0.25, -0.2) is 10.4 Å². The van der Waals surface area contributed by atoms with Gasteiger partial charge in [0.15, 0.2) is 9.43 Å². The summed E-state index contributed by atoms with van der Waals surface area (Å²) >= 11 is 3.07. The summed E-state index contributed by atoms with van der Waals surface area (Å²) in [6.45, 7) is -0.0335. The highest BCUT2D eigenvalue weighted by Crippen LogP contribution is 2.34. The normalized spacial score (nSPS) is 11.3. The third-order valence-electron chi connectivity index (χ3n) is 2.72. The molecule has 118 valence electrons. The number of thiazole rings is 1. The largest absolute Gasteiger partial charge is 0.448 e. The Kier molecular flexibility index (Phi) is 5.06. The number of furan rings is 1. The van der Waals surface area contributed by atoms with Crippen LogP contribution < -0.4 is 5.43 Å². The lowest BCUT2D eigenvalue weighted by Crippen LogP contribution is -2.22. The number of amides is 1. The van der Waals surface area contributed by atoms with E-state index in [1.807, 2.05) is 30.3 Å². The van der Waals surface area contributed by atoms with Crippen LogP contribution in [0.2, 0.25) is 0 Å². The molecule has 0 aliphatic carbocycles. The van der Waals surface area contributed by atoms with Gasteiger partial charge in [-0.2, -0.15) is 5.10 Å². The Morgan fingerprint density at radius 3 is 3.13 bits per heavy atom. The van der Waals surface area contributed by atoms with Crippen LogP contribution in [0.1, 0.15) is 5.76 Å². The van der Waals surface area contributed by atoms with E-state index in [-0.39, 0.29) is 12.5 Å². The Bertz CT molecular complexity index is 808. The van der Waals surface area contributed by atoms with Gasteiger partial charge in [-0.3, -0.25) is 4.79 Å². The van der Waals surface area contributed by atoms with E-state index in [2.05, 4.69) is 20.2 Å². The van der Waals surface area contributed by atoms with E-state index in [0.29, 0.717) is 10.9 Å². The number of nitrogens with one attached hydrogen (secondary N) is 1. The first kappa shape index (κ1) is 15.7. The molecule has 0 radical (unpaired) electrons. The van der Waals surface area contributed by atoms with Crippen molar-refractivity contribution in [3.8, 4) is 0 Å². The van der Waals surface area contributed by atoms with Gasteiger partial charge < -0.3 is 9.15 Å². The predicted molar refractivity (Wildman–Crippen MR) is 90.1 cm³/mol. The van der Waals surface area contributed by atoms with Crippen LogP contribution in [0, 0.1) is 0 Å². The number of carbonyl (C=O) groups is 1. The van der Waals surface area contributed by atoms with Crippen LogP contribution in [0.15, 0.2) is 55.3 Å². The second-order valence-corrected chi connectivity index (χ2v) is 6.71. The summed E-state index contributed by atoms with van der Waals surface area (Å²) in [4.78, 5) is 15.7. The van der Waals surface area contributed by atoms with Crippen molar-refractivity contribution in [1.82, 2.24) is 10.4 Å². The number of ether oxygens (including phenoxy) is 1. The zero-order chi connectivity index (χ0) is 16.1. The molecule has 0 atom stereocenters. The molecule has 0 aliphatic heterocycles. The molecule has 0 aliphatic rings. The fraction of sp³-hybridized carbons (Fsp3) is 0.133. The molecule has 2 aromatic heterocycles. The number of hydrogen-bond acceptors (Lipinski definition) is 7. The van der Waals surface area contributed by atoms with Crippen LogP contribution in [-0.4, -0.2) is 30.8 Å². The van der Waals surface area contributed by atoms with Crippen LogP contribution in [0.25, 0.3) is 10.2 Å². The molecular weight excluding hydrogens is 334 g/mol. The second-order valence-electron chi connectivity index (χ2n) is 4.43. The molecule has 1 N–H and O–H groups in total. The van der Waals surface area contributed by atoms with Crippen molar-refractivity contribution in [2.45, 2.75) is 9.43 Å². The third-order valence-corrected chi connectivity index (χ3v) is 4.74. The Morgan fingerprint density at radius 2 is 2.30 bits per heavy atom. The van der Waals surface area contributed by atoms with Crippen molar-refractivity contribution in [3.63, 3.8) is 0 Å². The highest BCUT2D eigenvalue weighted by atomic mass is 32.2. The number of hydrogen-bond donors (Lipinski definition) is 1. The minimum absolute atomic E-state index is 0.0335. The number of methoxy groups -OCH3 is 1. The van der Waals surface area contributed by atoms with Crippen LogP contribution in [0.5, 0.6) is 0 Å². The maximum absolute atomic E-state index is 11.2. The minimum Gasteiger partial charge on any atom is -0.448 e. The molecule has 0 saturated carbocycles. The maximum Gasteiger partial charge on any atom is 0.266 e. The van der Waals surface area contributed by atoms with Gasteiger partial charge >= 0.3 is 0 Å². The summed E-state index contributed by atoms with van der Waals surface area (Å²) < 4.78 is 12.4. The molecule has 3 aromatic rings. The van der Waals surface area contributed by atoms with Gasteiger partial charge in [-0.15, -0.1) is 11.3 Å². The van der Waals surface area contributed by atoms with E-state index >= 15 is 0 Å². The van der Waals surface area contributed by atoms with E-state index in [4.69, 9.17) is 4.42 Å². The first-order chi connectivity index (χ1) is 11.2. The summed E-state index contributed by atoms with van der Waals surface area (Å²) in [5, 5.41) is 4.51. The molecule has 0 bridgehead atoms. The van der Waals surface area contributed by atoms with Crippen LogP contribution in [0.3, 0.4) is 0 Å². The van der Waals surface area contributed by atoms with Gasteiger partial charge in [0.25, 0.3) is 5.91 Å². The molecule has 3 rings (SSSR count). The molecule has 6 nitrogen and oxygen atoms in total. The Hall–Kier alpha value is -2.16. The molecule has 2 heterocycles. The van der Waals surface area contributed by atoms with E-state index in [1.165, 1.54) is 25.1 Å². The Morgan fingerprint density at radius 1 is 1.43 bits per heavy atom. The molecule has 8 heteroatoms. The second kappa shape index (κ2) is 7.40. The van der Waals surface area contributed by atoms with E-state index in [1.54, 1.807) is 17.4 Å². The quantitative estimate of drug-likeness (QED) is 0.547. The molecule has 1 amide bonds. The van der Waals surface area contributed by atoms with E-state index in [0.717, 1.165) is 14.6 Å². The maximum atomic E-state index is 11.2. The number of rotatable bonds is 6. The van der Waals surface area contributed by atoms with E-state index < -0.39 is 0 Å². The number of aromatic nitrogens is 1. The number of benzene rings is 1. The lowest BCUT2D eigenvalue weighted by atomic mass is 10.3. The monoisotopic (exact) mass is 347 g/mol. The number of para-hydroxylation sites is 1. The van der Waals surface area contributed by atoms with E-state index in [9.17, 15) is 4.79 Å². The Labute approximate surface area is 140 Å². The van der Waals surface area contributed by atoms with Gasteiger partial charge in [-0.05, 0) is 36.0 Å². The average molecular weight is 347 g/mol. The van der Waals surface area contributed by atoms with Crippen LogP contribution in [-0.2, 0) is 9.53 Å². The lowest BCUT2D eigenvalue weighted by molar-refractivity contribution is -0.124. The molecule has 0 unspecified atom stereocenters. The molecule has 0 fully saturated rings. The summed E-state index contributed by atoms with van der Waals surface area (Å²) in [6.07, 6.45) is 1.44. The molecule has 0 saturated heterocycles. The van der Waals surface area contributed by atoms with Crippen molar-refractivity contribution in [1.29, 1.82) is 0 Å². The number of nitrogens with zero attached hydrogens (tertiary/aromatic N) is 2. The SMILES string of the molecule is COCC(=O)N/N=C/c1ccc(Sc2nc3ccccc3s2)o1. The van der Waals surface area contributed by atoms with Crippen molar-refractivity contribution >= 4 is 45.4 Å². The number of hydrazone groups is 1. The average Bonchev–Trinajstić information content (AvgIpc) is 3.14. The zero-order valence-electron chi connectivity index (χ0n) is 12.2. The standard InChI is InChI=1S/C15H13N3O3S2/c1-20-9-13(19)18-16-8-10-6-7-14(21-10)23-15-17-11-4-2-3-5-12(11)22-15/h2-8H,9H2,1H3,(H,18,19)/b16-8+.